The first-order chi connectivity index (χ1) is 8.57. The maximum atomic E-state index is 5.87. The third-order valence-corrected chi connectivity index (χ3v) is 4.25. The van der Waals surface area contributed by atoms with Gasteiger partial charge >= 0.3 is 0 Å². The van der Waals surface area contributed by atoms with Gasteiger partial charge < -0.3 is 0 Å². The van der Waals surface area contributed by atoms with Crippen LogP contribution in [0, 0.1) is 11.3 Å². The van der Waals surface area contributed by atoms with Crippen molar-refractivity contribution >= 4 is 0 Å². The zero-order valence-electron chi connectivity index (χ0n) is 11.8. The van der Waals surface area contributed by atoms with Crippen LogP contribution in [0.25, 0.3) is 0 Å². The van der Waals surface area contributed by atoms with Crippen LogP contribution in [0.2, 0.25) is 0 Å². The Bertz CT molecular complexity index is 377. The van der Waals surface area contributed by atoms with Gasteiger partial charge in [0.25, 0.3) is 0 Å². The molecule has 1 fully saturated rings. The number of rotatable bonds is 5. The minimum Gasteiger partial charge on any atom is -0.275 e. The molecule has 1 saturated carbocycles. The molecule has 102 valence electrons. The summed E-state index contributed by atoms with van der Waals surface area (Å²) < 4.78 is 1.86. The maximum Gasteiger partial charge on any atom is 0.0547 e. The van der Waals surface area contributed by atoms with Crippen molar-refractivity contribution in [3.63, 3.8) is 0 Å². The first-order valence-electron chi connectivity index (χ1n) is 7.02. The molecule has 4 heteroatoms. The van der Waals surface area contributed by atoms with E-state index >= 15 is 0 Å². The van der Waals surface area contributed by atoms with E-state index in [4.69, 9.17) is 5.84 Å². The topological polar surface area (TPSA) is 55.9 Å². The molecule has 3 N–H and O–H groups in total. The second-order valence-corrected chi connectivity index (χ2v) is 6.21. The fraction of sp³-hybridized carbons (Fsp3) is 0.786. The van der Waals surface area contributed by atoms with E-state index in [2.05, 4.69) is 30.6 Å². The predicted octanol–water partition coefficient (Wildman–Crippen LogP) is 2.53. The molecule has 0 aliphatic heterocycles. The molecule has 1 aliphatic carbocycles. The van der Waals surface area contributed by atoms with Gasteiger partial charge in [0, 0.05) is 18.8 Å². The Morgan fingerprint density at radius 1 is 1.44 bits per heavy atom. The molecule has 1 atom stereocenters. The highest BCUT2D eigenvalue weighted by atomic mass is 15.3. The fourth-order valence-electron chi connectivity index (χ4n) is 3.72. The van der Waals surface area contributed by atoms with Gasteiger partial charge in [0.2, 0.25) is 0 Å². The van der Waals surface area contributed by atoms with Crippen LogP contribution in [-0.4, -0.2) is 9.78 Å². The van der Waals surface area contributed by atoms with E-state index in [-0.39, 0.29) is 6.04 Å². The first kappa shape index (κ1) is 13.6. The van der Waals surface area contributed by atoms with Gasteiger partial charge in [-0.3, -0.25) is 16.0 Å². The Morgan fingerprint density at radius 3 is 2.56 bits per heavy atom. The minimum atomic E-state index is 0.232. The van der Waals surface area contributed by atoms with Crippen molar-refractivity contribution in [3.05, 3.63) is 18.0 Å². The van der Waals surface area contributed by atoms with Crippen molar-refractivity contribution in [2.75, 3.05) is 0 Å². The van der Waals surface area contributed by atoms with Crippen molar-refractivity contribution in [3.8, 4) is 0 Å². The van der Waals surface area contributed by atoms with Crippen molar-refractivity contribution in [1.29, 1.82) is 0 Å². The summed E-state index contributed by atoms with van der Waals surface area (Å²) in [6, 6.07) is 0.232. The van der Waals surface area contributed by atoms with E-state index in [0.29, 0.717) is 11.3 Å². The molecule has 0 amide bonds. The van der Waals surface area contributed by atoms with Crippen LogP contribution in [0.1, 0.15) is 57.6 Å². The number of aromatic nitrogens is 2. The Morgan fingerprint density at radius 2 is 2.11 bits per heavy atom. The summed E-state index contributed by atoms with van der Waals surface area (Å²) in [7, 11) is 1.96. The van der Waals surface area contributed by atoms with Crippen LogP contribution in [-0.2, 0) is 7.05 Å². The van der Waals surface area contributed by atoms with Gasteiger partial charge in [-0.15, -0.1) is 0 Å². The molecule has 1 aromatic heterocycles. The van der Waals surface area contributed by atoms with Gasteiger partial charge in [-0.25, -0.2) is 0 Å². The van der Waals surface area contributed by atoms with Crippen LogP contribution >= 0.6 is 0 Å². The van der Waals surface area contributed by atoms with Crippen LogP contribution in [0.3, 0.4) is 0 Å². The van der Waals surface area contributed by atoms with Gasteiger partial charge in [0.05, 0.1) is 12.2 Å². The van der Waals surface area contributed by atoms with Crippen LogP contribution in [0.15, 0.2) is 12.4 Å². The second-order valence-electron chi connectivity index (χ2n) is 6.21. The number of nitrogens with one attached hydrogen (secondary N) is 1. The third-order valence-electron chi connectivity index (χ3n) is 4.25. The molecule has 4 nitrogen and oxygen atoms in total. The number of hydrogen-bond acceptors (Lipinski definition) is 3. The summed E-state index contributed by atoms with van der Waals surface area (Å²) in [5.74, 6) is 6.57. The lowest BCUT2D eigenvalue weighted by Gasteiger charge is -2.38. The summed E-state index contributed by atoms with van der Waals surface area (Å²) in [5, 5.41) is 4.29. The summed E-state index contributed by atoms with van der Waals surface area (Å²) in [6.45, 7) is 4.60. The van der Waals surface area contributed by atoms with Gasteiger partial charge in [-0.2, -0.15) is 5.10 Å². The Hall–Kier alpha value is -0.870. The molecule has 1 unspecified atom stereocenters. The van der Waals surface area contributed by atoms with Crippen molar-refractivity contribution < 1.29 is 0 Å². The van der Waals surface area contributed by atoms with E-state index in [1.165, 1.54) is 37.7 Å². The molecular formula is C14H26N4. The van der Waals surface area contributed by atoms with E-state index in [0.717, 1.165) is 0 Å². The van der Waals surface area contributed by atoms with Crippen molar-refractivity contribution in [2.24, 2.45) is 24.2 Å². The smallest absolute Gasteiger partial charge is 0.0547 e. The molecule has 0 aromatic carbocycles. The Kier molecular flexibility index (Phi) is 4.07. The van der Waals surface area contributed by atoms with Crippen molar-refractivity contribution in [2.45, 2.75) is 52.0 Å². The molecule has 0 radical (unpaired) electrons. The molecule has 0 saturated heterocycles. The summed E-state index contributed by atoms with van der Waals surface area (Å²) in [6.07, 6.45) is 10.5. The van der Waals surface area contributed by atoms with Gasteiger partial charge in [0.1, 0.15) is 0 Å². The molecule has 1 aromatic rings. The highest BCUT2D eigenvalue weighted by molar-refractivity contribution is 5.15. The highest BCUT2D eigenvalue weighted by Gasteiger charge is 2.42. The fourth-order valence-corrected chi connectivity index (χ4v) is 3.72. The summed E-state index contributed by atoms with van der Waals surface area (Å²) in [4.78, 5) is 0. The Labute approximate surface area is 110 Å². The SMILES string of the molecule is CC(C)CC1(C(NN)c2cnn(C)c2)CCCC1. The summed E-state index contributed by atoms with van der Waals surface area (Å²) in [5.41, 5.74) is 4.60. The Balaban J connectivity index is 2.27. The lowest BCUT2D eigenvalue weighted by Crippen LogP contribution is -2.41. The molecule has 2 rings (SSSR count). The average Bonchev–Trinajstić information content (AvgIpc) is 2.89. The lowest BCUT2D eigenvalue weighted by molar-refractivity contribution is 0.156. The normalized spacial score (nSPS) is 20.5. The van der Waals surface area contributed by atoms with E-state index < -0.39 is 0 Å². The largest absolute Gasteiger partial charge is 0.275 e. The number of hydrogen-bond donors (Lipinski definition) is 2. The molecule has 0 bridgehead atoms. The van der Waals surface area contributed by atoms with E-state index in [9.17, 15) is 0 Å². The molecule has 0 spiro atoms. The van der Waals surface area contributed by atoms with Gasteiger partial charge in [-0.1, -0.05) is 26.7 Å². The lowest BCUT2D eigenvalue weighted by atomic mass is 9.71. The third kappa shape index (κ3) is 2.59. The maximum absolute atomic E-state index is 5.87. The van der Waals surface area contributed by atoms with Gasteiger partial charge in [0.15, 0.2) is 0 Å². The van der Waals surface area contributed by atoms with Crippen LogP contribution < -0.4 is 11.3 Å². The quantitative estimate of drug-likeness (QED) is 0.623. The number of hydrazine groups is 1. The van der Waals surface area contributed by atoms with Crippen LogP contribution in [0.5, 0.6) is 0 Å². The molecule has 1 heterocycles. The minimum absolute atomic E-state index is 0.232. The zero-order valence-corrected chi connectivity index (χ0v) is 11.8. The molecular weight excluding hydrogens is 224 g/mol. The first-order valence-corrected chi connectivity index (χ1v) is 7.02. The number of nitrogens with two attached hydrogens (primary N) is 1. The van der Waals surface area contributed by atoms with Gasteiger partial charge in [-0.05, 0) is 30.6 Å². The zero-order chi connectivity index (χ0) is 13.2. The average molecular weight is 250 g/mol. The van der Waals surface area contributed by atoms with Crippen LogP contribution in [0.4, 0.5) is 0 Å². The highest BCUT2D eigenvalue weighted by Crippen LogP contribution is 2.51. The molecule has 18 heavy (non-hydrogen) atoms. The monoisotopic (exact) mass is 250 g/mol. The molecule has 1 aliphatic rings. The van der Waals surface area contributed by atoms with Crippen molar-refractivity contribution in [1.82, 2.24) is 15.2 Å². The standard InChI is InChI=1S/C14H26N4/c1-11(2)8-14(6-4-5-7-14)13(17-15)12-9-16-18(3)10-12/h9-11,13,17H,4-8,15H2,1-3H3. The predicted molar refractivity (Wildman–Crippen MR) is 73.6 cm³/mol. The van der Waals surface area contributed by atoms with E-state index in [1.54, 1.807) is 0 Å². The number of nitrogens with zero attached hydrogens (tertiary/aromatic N) is 2. The summed E-state index contributed by atoms with van der Waals surface area (Å²) >= 11 is 0. The number of aryl methyl sites for hydroxylation is 1. The van der Waals surface area contributed by atoms with E-state index in [1.807, 2.05) is 17.9 Å². The second kappa shape index (κ2) is 5.41.